The lowest BCUT2D eigenvalue weighted by atomic mass is 10.1. The molecule has 2 heteroatoms. The Balaban J connectivity index is 2.21. The number of nitriles is 1. The van der Waals surface area contributed by atoms with Crippen LogP contribution >= 0.6 is 0 Å². The summed E-state index contributed by atoms with van der Waals surface area (Å²) in [5, 5.41) is 8.53. The number of hydrogen-bond acceptors (Lipinski definition) is 1. The first-order chi connectivity index (χ1) is 6.29. The summed E-state index contributed by atoms with van der Waals surface area (Å²) in [5.74, 6) is 0.452. The van der Waals surface area contributed by atoms with Crippen LogP contribution in [0.5, 0.6) is 0 Å². The predicted octanol–water partition coefficient (Wildman–Crippen LogP) is 2.65. The van der Waals surface area contributed by atoms with Gasteiger partial charge in [0, 0.05) is 0 Å². The van der Waals surface area contributed by atoms with Crippen LogP contribution in [-0.2, 0) is 6.42 Å². The van der Waals surface area contributed by atoms with E-state index in [0.29, 0.717) is 11.5 Å². The van der Waals surface area contributed by atoms with Crippen LogP contribution in [0.15, 0.2) is 18.2 Å². The summed E-state index contributed by atoms with van der Waals surface area (Å²) in [5.41, 5.74) is 1.15. The average molecular weight is 175 g/mol. The molecule has 0 aromatic heterocycles. The Labute approximate surface area is 76.8 Å². The van der Waals surface area contributed by atoms with Crippen LogP contribution in [-0.4, -0.2) is 0 Å². The molecule has 1 aromatic rings. The topological polar surface area (TPSA) is 23.8 Å². The third-order valence-corrected chi connectivity index (χ3v) is 2.39. The fraction of sp³-hybridized carbons (Fsp3) is 0.364. The van der Waals surface area contributed by atoms with E-state index >= 15 is 0 Å². The molecule has 0 unspecified atom stereocenters. The predicted molar refractivity (Wildman–Crippen MR) is 47.5 cm³/mol. The summed E-state index contributed by atoms with van der Waals surface area (Å²) in [7, 11) is 0. The summed E-state index contributed by atoms with van der Waals surface area (Å²) in [6, 6.07) is 6.65. The molecular weight excluding hydrogens is 165 g/mol. The van der Waals surface area contributed by atoms with Crippen molar-refractivity contribution in [3.05, 3.63) is 35.1 Å². The summed E-state index contributed by atoms with van der Waals surface area (Å²) < 4.78 is 13.3. The molecule has 1 aliphatic carbocycles. The van der Waals surface area contributed by atoms with Crippen molar-refractivity contribution in [2.24, 2.45) is 5.92 Å². The first kappa shape index (κ1) is 8.25. The molecule has 0 N–H and O–H groups in total. The molecule has 0 spiro atoms. The highest BCUT2D eigenvalue weighted by Crippen LogP contribution is 2.33. The van der Waals surface area contributed by atoms with Gasteiger partial charge in [-0.3, -0.25) is 0 Å². The van der Waals surface area contributed by atoms with Crippen molar-refractivity contribution >= 4 is 0 Å². The number of hydrogen-bond donors (Lipinski definition) is 0. The zero-order valence-corrected chi connectivity index (χ0v) is 7.26. The minimum absolute atomic E-state index is 0.231. The molecule has 0 radical (unpaired) electrons. The Hall–Kier alpha value is -1.36. The van der Waals surface area contributed by atoms with Gasteiger partial charge in [-0.1, -0.05) is 6.07 Å². The molecular formula is C11H10FN. The molecule has 1 aliphatic rings. The smallest absolute Gasteiger partial charge is 0.127 e. The van der Waals surface area contributed by atoms with Gasteiger partial charge < -0.3 is 0 Å². The highest BCUT2D eigenvalue weighted by atomic mass is 19.1. The zero-order chi connectivity index (χ0) is 9.26. The maximum Gasteiger partial charge on any atom is 0.127 e. The summed E-state index contributed by atoms with van der Waals surface area (Å²) in [6.07, 6.45) is 3.27. The van der Waals surface area contributed by atoms with E-state index in [9.17, 15) is 4.39 Å². The fourth-order valence-electron chi connectivity index (χ4n) is 1.42. The van der Waals surface area contributed by atoms with Crippen molar-refractivity contribution in [2.75, 3.05) is 0 Å². The van der Waals surface area contributed by atoms with Crippen LogP contribution < -0.4 is 0 Å². The third-order valence-electron chi connectivity index (χ3n) is 2.39. The molecule has 0 amide bonds. The maximum atomic E-state index is 13.3. The minimum Gasteiger partial charge on any atom is -0.207 e. The van der Waals surface area contributed by atoms with Crippen molar-refractivity contribution in [1.82, 2.24) is 0 Å². The van der Waals surface area contributed by atoms with Gasteiger partial charge in [0.2, 0.25) is 0 Å². The van der Waals surface area contributed by atoms with E-state index in [1.807, 2.05) is 6.07 Å². The van der Waals surface area contributed by atoms with Gasteiger partial charge in [0.05, 0.1) is 11.6 Å². The van der Waals surface area contributed by atoms with Crippen LogP contribution in [0.2, 0.25) is 0 Å². The van der Waals surface area contributed by atoms with E-state index < -0.39 is 0 Å². The summed E-state index contributed by atoms with van der Waals surface area (Å²) >= 11 is 0. The molecule has 13 heavy (non-hydrogen) atoms. The standard InChI is InChI=1S/C11H10FN/c12-11-6-9(7-13)3-4-10(11)5-8-1-2-8/h3-4,6,8H,1-2,5H2. The lowest BCUT2D eigenvalue weighted by Gasteiger charge is -2.00. The third kappa shape index (κ3) is 1.86. The van der Waals surface area contributed by atoms with Gasteiger partial charge in [0.1, 0.15) is 5.82 Å². The van der Waals surface area contributed by atoms with Gasteiger partial charge in [0.15, 0.2) is 0 Å². The van der Waals surface area contributed by atoms with E-state index in [4.69, 9.17) is 5.26 Å². The zero-order valence-electron chi connectivity index (χ0n) is 7.26. The second-order valence-electron chi connectivity index (χ2n) is 3.57. The molecule has 1 aromatic carbocycles. The molecule has 0 atom stereocenters. The molecule has 66 valence electrons. The molecule has 0 heterocycles. The number of halogens is 1. The van der Waals surface area contributed by atoms with E-state index in [-0.39, 0.29) is 5.82 Å². The van der Waals surface area contributed by atoms with Crippen molar-refractivity contribution in [3.8, 4) is 6.07 Å². The van der Waals surface area contributed by atoms with Gasteiger partial charge in [-0.2, -0.15) is 5.26 Å². The quantitative estimate of drug-likeness (QED) is 0.677. The van der Waals surface area contributed by atoms with Gasteiger partial charge in [-0.25, -0.2) is 4.39 Å². The molecule has 0 aliphatic heterocycles. The highest BCUT2D eigenvalue weighted by molar-refractivity contribution is 5.33. The molecule has 1 nitrogen and oxygen atoms in total. The van der Waals surface area contributed by atoms with Gasteiger partial charge in [0.25, 0.3) is 0 Å². The van der Waals surface area contributed by atoms with Crippen molar-refractivity contribution in [2.45, 2.75) is 19.3 Å². The Morgan fingerprint density at radius 2 is 2.23 bits per heavy atom. The normalized spacial score (nSPS) is 15.4. The van der Waals surface area contributed by atoms with Gasteiger partial charge in [-0.15, -0.1) is 0 Å². The molecule has 1 saturated carbocycles. The van der Waals surface area contributed by atoms with Crippen molar-refractivity contribution in [3.63, 3.8) is 0 Å². The van der Waals surface area contributed by atoms with E-state index in [2.05, 4.69) is 0 Å². The van der Waals surface area contributed by atoms with Crippen molar-refractivity contribution in [1.29, 1.82) is 5.26 Å². The van der Waals surface area contributed by atoms with Crippen LogP contribution in [0.4, 0.5) is 4.39 Å². The number of benzene rings is 1. The SMILES string of the molecule is N#Cc1ccc(CC2CC2)c(F)c1. The van der Waals surface area contributed by atoms with E-state index in [0.717, 1.165) is 12.0 Å². The van der Waals surface area contributed by atoms with E-state index in [1.165, 1.54) is 18.9 Å². The van der Waals surface area contributed by atoms with Crippen LogP contribution in [0.1, 0.15) is 24.0 Å². The molecule has 0 bridgehead atoms. The molecule has 2 rings (SSSR count). The molecule has 0 saturated heterocycles. The lowest BCUT2D eigenvalue weighted by Crippen LogP contribution is -1.92. The van der Waals surface area contributed by atoms with Crippen LogP contribution in [0.25, 0.3) is 0 Å². The van der Waals surface area contributed by atoms with Crippen LogP contribution in [0.3, 0.4) is 0 Å². The Morgan fingerprint density at radius 1 is 1.46 bits per heavy atom. The Morgan fingerprint density at radius 3 is 2.77 bits per heavy atom. The molecule has 1 fully saturated rings. The minimum atomic E-state index is -0.231. The Kier molecular flexibility index (Phi) is 2.02. The van der Waals surface area contributed by atoms with Gasteiger partial charge in [-0.05, 0) is 42.9 Å². The van der Waals surface area contributed by atoms with E-state index in [1.54, 1.807) is 12.1 Å². The number of nitrogens with zero attached hydrogens (tertiary/aromatic N) is 1. The summed E-state index contributed by atoms with van der Waals surface area (Å²) in [4.78, 5) is 0. The maximum absolute atomic E-state index is 13.3. The van der Waals surface area contributed by atoms with Crippen LogP contribution in [0, 0.1) is 23.1 Å². The monoisotopic (exact) mass is 175 g/mol. The Bertz CT molecular complexity index is 361. The second kappa shape index (κ2) is 3.18. The second-order valence-corrected chi connectivity index (χ2v) is 3.57. The summed E-state index contributed by atoms with van der Waals surface area (Å²) in [6.45, 7) is 0. The number of rotatable bonds is 2. The first-order valence-electron chi connectivity index (χ1n) is 4.48. The first-order valence-corrected chi connectivity index (χ1v) is 4.48. The largest absolute Gasteiger partial charge is 0.207 e. The van der Waals surface area contributed by atoms with Crippen molar-refractivity contribution < 1.29 is 4.39 Å². The fourth-order valence-corrected chi connectivity index (χ4v) is 1.42. The van der Waals surface area contributed by atoms with Gasteiger partial charge >= 0.3 is 0 Å². The lowest BCUT2D eigenvalue weighted by molar-refractivity contribution is 0.601. The average Bonchev–Trinajstić information content (AvgIpc) is 2.92. The highest BCUT2D eigenvalue weighted by Gasteiger charge is 2.22.